The molecule has 6 aromatic carbocycles. The monoisotopic (exact) mass is 868 g/mol. The van der Waals surface area contributed by atoms with E-state index in [0.717, 1.165) is 83.9 Å². The van der Waals surface area contributed by atoms with Crippen molar-refractivity contribution in [2.24, 2.45) is 16.8 Å². The van der Waals surface area contributed by atoms with E-state index in [-0.39, 0.29) is 17.9 Å². The van der Waals surface area contributed by atoms with Gasteiger partial charge in [0.05, 0.1) is 6.04 Å². The van der Waals surface area contributed by atoms with Gasteiger partial charge >= 0.3 is 0 Å². The molecule has 67 heavy (non-hydrogen) atoms. The molecule has 0 saturated carbocycles. The van der Waals surface area contributed by atoms with Crippen molar-refractivity contribution in [1.82, 2.24) is 0 Å². The summed E-state index contributed by atoms with van der Waals surface area (Å²) in [4.78, 5) is 8.41. The lowest BCUT2D eigenvalue weighted by molar-refractivity contribution is 0.450. The molecule has 0 N–H and O–H groups in total. The molecule has 326 valence electrons. The van der Waals surface area contributed by atoms with Crippen LogP contribution in [0, 0.1) is 11.8 Å². The van der Waals surface area contributed by atoms with E-state index in [1.165, 1.54) is 72.6 Å². The average Bonchev–Trinajstić information content (AvgIpc) is 4.06. The molecule has 4 heterocycles. The fourth-order valence-corrected chi connectivity index (χ4v) is 12.2. The molecule has 2 aromatic heterocycles. The van der Waals surface area contributed by atoms with Gasteiger partial charge in [-0.25, -0.2) is 0 Å². The number of hydrogen-bond donors (Lipinski definition) is 0. The second kappa shape index (κ2) is 16.5. The number of fused-ring (bicyclic) bond motifs is 8. The number of hydrogen-bond acceptors (Lipinski definition) is 4. The average molecular weight is 869 g/mol. The minimum atomic E-state index is -0.124. The predicted molar refractivity (Wildman–Crippen MR) is 277 cm³/mol. The number of anilines is 1. The highest BCUT2D eigenvalue weighted by Crippen LogP contribution is 2.52. The van der Waals surface area contributed by atoms with Gasteiger partial charge in [0.1, 0.15) is 22.5 Å². The predicted octanol–water partition coefficient (Wildman–Crippen LogP) is 16.9. The maximum Gasteiger partial charge on any atom is 0.135 e. The molecule has 5 aliphatic rings. The van der Waals surface area contributed by atoms with E-state index < -0.39 is 0 Å². The molecule has 0 bridgehead atoms. The highest BCUT2D eigenvalue weighted by molar-refractivity contribution is 6.09. The molecular weight excluding hydrogens is 817 g/mol. The summed E-state index contributed by atoms with van der Waals surface area (Å²) < 4.78 is 13.2. The van der Waals surface area contributed by atoms with Crippen molar-refractivity contribution in [1.29, 1.82) is 0 Å². The van der Waals surface area contributed by atoms with Crippen LogP contribution in [0.25, 0.3) is 55.7 Å². The van der Waals surface area contributed by atoms with E-state index >= 15 is 0 Å². The van der Waals surface area contributed by atoms with E-state index in [2.05, 4.69) is 200 Å². The minimum Gasteiger partial charge on any atom is -0.456 e. The van der Waals surface area contributed by atoms with E-state index in [9.17, 15) is 0 Å². The van der Waals surface area contributed by atoms with Gasteiger partial charge in [-0.2, -0.15) is 0 Å². The summed E-state index contributed by atoms with van der Waals surface area (Å²) in [5, 5.41) is 3.52. The van der Waals surface area contributed by atoms with Crippen molar-refractivity contribution in [2.75, 3.05) is 4.90 Å². The first kappa shape index (κ1) is 39.9. The van der Waals surface area contributed by atoms with Gasteiger partial charge < -0.3 is 13.7 Å². The van der Waals surface area contributed by atoms with E-state index in [1.54, 1.807) is 0 Å². The number of benzene rings is 6. The van der Waals surface area contributed by atoms with Crippen molar-refractivity contribution in [3.63, 3.8) is 0 Å². The van der Waals surface area contributed by atoms with Gasteiger partial charge in [0.15, 0.2) is 0 Å². The first-order valence-corrected chi connectivity index (χ1v) is 24.4. The molecule has 4 nitrogen and oxygen atoms in total. The Labute approximate surface area is 392 Å². The smallest absolute Gasteiger partial charge is 0.135 e. The molecule has 4 atom stereocenters. The van der Waals surface area contributed by atoms with Crippen LogP contribution in [-0.2, 0) is 0 Å². The first-order chi connectivity index (χ1) is 33.2. The van der Waals surface area contributed by atoms with Gasteiger partial charge in [0.25, 0.3) is 0 Å². The van der Waals surface area contributed by atoms with Crippen LogP contribution in [0.3, 0.4) is 0 Å². The minimum absolute atomic E-state index is 0.124. The third-order valence-corrected chi connectivity index (χ3v) is 15.2. The van der Waals surface area contributed by atoms with Gasteiger partial charge in [0, 0.05) is 62.3 Å². The zero-order valence-electron chi connectivity index (χ0n) is 37.9. The van der Waals surface area contributed by atoms with Gasteiger partial charge in [-0.15, -0.1) is 0 Å². The van der Waals surface area contributed by atoms with Crippen LogP contribution in [0.4, 0.5) is 5.69 Å². The Bertz CT molecular complexity index is 3460. The number of nitrogens with zero attached hydrogens (tertiary/aromatic N) is 2. The summed E-state index contributed by atoms with van der Waals surface area (Å²) >= 11 is 0. The molecule has 2 aliphatic heterocycles. The van der Waals surface area contributed by atoms with Crippen LogP contribution in [0.15, 0.2) is 218 Å². The normalized spacial score (nSPS) is 22.9. The molecule has 0 radical (unpaired) electrons. The van der Waals surface area contributed by atoms with Crippen molar-refractivity contribution >= 4 is 56.0 Å². The van der Waals surface area contributed by atoms with Crippen molar-refractivity contribution in [2.45, 2.75) is 63.8 Å². The van der Waals surface area contributed by atoms with Crippen LogP contribution in [0.5, 0.6) is 0 Å². The van der Waals surface area contributed by atoms with E-state index in [4.69, 9.17) is 13.8 Å². The van der Waals surface area contributed by atoms with E-state index in [1.807, 2.05) is 0 Å². The quantitative estimate of drug-likeness (QED) is 0.150. The van der Waals surface area contributed by atoms with Gasteiger partial charge in [0.2, 0.25) is 0 Å². The van der Waals surface area contributed by atoms with Crippen LogP contribution in [0.2, 0.25) is 0 Å². The van der Waals surface area contributed by atoms with Crippen molar-refractivity contribution in [3.05, 3.63) is 233 Å². The largest absolute Gasteiger partial charge is 0.456 e. The Kier molecular flexibility index (Phi) is 9.81. The highest BCUT2D eigenvalue weighted by atomic mass is 16.3. The molecule has 0 spiro atoms. The molecule has 0 fully saturated rings. The van der Waals surface area contributed by atoms with E-state index in [0.29, 0.717) is 5.92 Å². The fraction of sp³-hybridized carbons (Fsp3) is 0.190. The zero-order chi connectivity index (χ0) is 44.4. The molecule has 8 aromatic rings. The Morgan fingerprint density at radius 3 is 2.27 bits per heavy atom. The second-order valence-electron chi connectivity index (χ2n) is 18.9. The second-order valence-corrected chi connectivity index (χ2v) is 18.9. The summed E-state index contributed by atoms with van der Waals surface area (Å²) in [6, 6.07) is 52.7. The third-order valence-electron chi connectivity index (χ3n) is 15.2. The van der Waals surface area contributed by atoms with Gasteiger partial charge in [-0.3, -0.25) is 4.99 Å². The van der Waals surface area contributed by atoms with Gasteiger partial charge in [-0.05, 0) is 132 Å². The lowest BCUT2D eigenvalue weighted by Gasteiger charge is -2.34. The molecule has 0 saturated heterocycles. The Morgan fingerprint density at radius 1 is 0.627 bits per heavy atom. The van der Waals surface area contributed by atoms with Crippen molar-refractivity contribution < 1.29 is 8.83 Å². The molecule has 4 unspecified atom stereocenters. The number of rotatable bonds is 7. The zero-order valence-corrected chi connectivity index (χ0v) is 37.9. The summed E-state index contributed by atoms with van der Waals surface area (Å²) in [5.41, 5.74) is 19.8. The van der Waals surface area contributed by atoms with Crippen LogP contribution in [0.1, 0.15) is 91.8 Å². The fourth-order valence-electron chi connectivity index (χ4n) is 12.2. The topological polar surface area (TPSA) is 41.9 Å². The molecule has 3 aliphatic carbocycles. The lowest BCUT2D eigenvalue weighted by Crippen LogP contribution is -2.22. The third kappa shape index (κ3) is 6.76. The highest BCUT2D eigenvalue weighted by Gasteiger charge is 2.39. The molecule has 13 rings (SSSR count). The van der Waals surface area contributed by atoms with Crippen LogP contribution in [-0.4, -0.2) is 5.71 Å². The molecule has 4 heteroatoms. The number of furan rings is 2. The SMILES string of the molecule is CCC1/C(C2CC=Cc3oc4ccccc4c32)=C\CC/C(c2ccccc2)=N\C1c1cccc2oc3ccc(-c4ccc(C5=CC=C6C(C5)C5=C(CCC=C5)N6c5ccccc5)cc4)cc3c12. The Hall–Kier alpha value is -7.43. The summed E-state index contributed by atoms with van der Waals surface area (Å²) in [5.74, 6) is 1.72. The maximum absolute atomic E-state index is 6.74. The van der Waals surface area contributed by atoms with Gasteiger partial charge in [-0.1, -0.05) is 152 Å². The summed E-state index contributed by atoms with van der Waals surface area (Å²) in [6.07, 6.45) is 23.4. The van der Waals surface area contributed by atoms with Crippen LogP contribution >= 0.6 is 0 Å². The van der Waals surface area contributed by atoms with Crippen molar-refractivity contribution in [3.8, 4) is 11.1 Å². The molecule has 0 amide bonds. The number of allylic oxidation sites excluding steroid dienone is 9. The summed E-state index contributed by atoms with van der Waals surface area (Å²) in [6.45, 7) is 2.35. The lowest BCUT2D eigenvalue weighted by atomic mass is 9.72. The number of para-hydroxylation sites is 2. The summed E-state index contributed by atoms with van der Waals surface area (Å²) in [7, 11) is 0. The standard InChI is InChI=1S/C63H52N2O2/c1-2-46-47(49-23-14-28-59-61(49)50-21-10-12-27-57(50)66-59)22-13-25-54(42-16-5-3-6-17-42)64-63(46)51-24-15-29-60-62(51)53-39-44(35-37-58(53)67-60)41-32-30-40(31-33-41)43-34-36-56-52(38-43)48-20-9-11-26-55(48)65(56)45-18-7-4-8-19-45/h3-10,12,14-22,24,27-37,39,46,49,52,63H,2,11,13,23,25-26,38H2,1H3/b47-22+,64-54+. The number of aliphatic imine (C=N–C) groups is 1. The van der Waals surface area contributed by atoms with Crippen LogP contribution < -0.4 is 4.90 Å². The maximum atomic E-state index is 6.74. The molecular formula is C63H52N2O2. The Morgan fingerprint density at radius 2 is 1.40 bits per heavy atom. The first-order valence-electron chi connectivity index (χ1n) is 24.4. The Balaban J connectivity index is 0.879.